The second-order valence-electron chi connectivity index (χ2n) is 8.93. The first kappa shape index (κ1) is 24.7. The predicted molar refractivity (Wildman–Crippen MR) is 139 cm³/mol. The first-order valence-corrected chi connectivity index (χ1v) is 13.2. The molecule has 3 aromatic rings. The van der Waals surface area contributed by atoms with Crippen LogP contribution in [0.4, 0.5) is 5.69 Å². The van der Waals surface area contributed by atoms with E-state index in [-0.39, 0.29) is 11.9 Å². The number of carbonyl (C=O) groups excluding carboxylic acids is 1. The van der Waals surface area contributed by atoms with E-state index in [9.17, 15) is 9.00 Å². The molecule has 2 atom stereocenters. The zero-order chi connectivity index (χ0) is 25.1. The summed E-state index contributed by atoms with van der Waals surface area (Å²) in [7, 11) is 2.40. The van der Waals surface area contributed by atoms with Gasteiger partial charge in [0.2, 0.25) is 0 Å². The topological polar surface area (TPSA) is 83.4 Å². The van der Waals surface area contributed by atoms with E-state index in [0.717, 1.165) is 46.4 Å². The summed E-state index contributed by atoms with van der Waals surface area (Å²) in [5, 5.41) is 12.0. The van der Waals surface area contributed by atoms with Crippen LogP contribution in [0.5, 0.6) is 0 Å². The quantitative estimate of drug-likeness (QED) is 0.542. The van der Waals surface area contributed by atoms with E-state index in [1.807, 2.05) is 61.7 Å². The first-order chi connectivity index (χ1) is 16.8. The van der Waals surface area contributed by atoms with Crippen LogP contribution in [0.3, 0.4) is 0 Å². The van der Waals surface area contributed by atoms with Crippen LogP contribution in [0, 0.1) is 6.92 Å². The number of nitrogens with one attached hydrogen (secondary N) is 1. The van der Waals surface area contributed by atoms with Crippen LogP contribution >= 0.6 is 0 Å². The molecule has 1 aromatic heterocycles. The zero-order valence-corrected chi connectivity index (χ0v) is 21.7. The number of para-hydroxylation sites is 1. The largest absolute Gasteiger partial charge is 0.378 e. The van der Waals surface area contributed by atoms with Crippen molar-refractivity contribution in [1.82, 2.24) is 24.6 Å². The number of hydrogen-bond donors (Lipinski definition) is 1. The number of amides is 1. The molecule has 184 valence electrons. The maximum atomic E-state index is 13.1. The van der Waals surface area contributed by atoms with Gasteiger partial charge in [-0.05, 0) is 49.2 Å². The molecule has 4 rings (SSSR count). The van der Waals surface area contributed by atoms with Gasteiger partial charge in [0.05, 0.1) is 27.9 Å². The van der Waals surface area contributed by atoms with E-state index in [1.165, 1.54) is 0 Å². The Labute approximate surface area is 209 Å². The highest BCUT2D eigenvalue weighted by Gasteiger charge is 2.21. The van der Waals surface area contributed by atoms with E-state index >= 15 is 0 Å². The lowest BCUT2D eigenvalue weighted by molar-refractivity contribution is 0.0827. The number of anilines is 1. The first-order valence-electron chi connectivity index (χ1n) is 11.6. The van der Waals surface area contributed by atoms with E-state index in [0.29, 0.717) is 12.1 Å². The molecule has 9 heteroatoms. The summed E-state index contributed by atoms with van der Waals surface area (Å²) < 4.78 is 14.4. The van der Waals surface area contributed by atoms with Gasteiger partial charge in [0.15, 0.2) is 5.82 Å². The normalized spacial score (nSPS) is 15.1. The molecule has 0 aliphatic carbocycles. The number of fused-ring (bicyclic) bond motifs is 1. The van der Waals surface area contributed by atoms with E-state index in [2.05, 4.69) is 31.9 Å². The van der Waals surface area contributed by atoms with Gasteiger partial charge in [-0.15, -0.1) is 10.2 Å². The summed E-state index contributed by atoms with van der Waals surface area (Å²) >= 11 is 0. The summed E-state index contributed by atoms with van der Waals surface area (Å²) in [4.78, 5) is 17.6. The number of aryl methyl sites for hydroxylation is 1. The fourth-order valence-corrected chi connectivity index (χ4v) is 5.06. The van der Waals surface area contributed by atoms with Crippen molar-refractivity contribution in [2.24, 2.45) is 0 Å². The number of aromatic nitrogens is 3. The molecule has 1 N–H and O–H groups in total. The van der Waals surface area contributed by atoms with Gasteiger partial charge in [0.1, 0.15) is 5.82 Å². The van der Waals surface area contributed by atoms with Gasteiger partial charge in [-0.1, -0.05) is 24.3 Å². The van der Waals surface area contributed by atoms with Crippen LogP contribution in [0.15, 0.2) is 53.6 Å². The van der Waals surface area contributed by atoms with Crippen molar-refractivity contribution in [3.05, 3.63) is 77.0 Å². The molecule has 0 fully saturated rings. The summed E-state index contributed by atoms with van der Waals surface area (Å²) in [6.45, 7) is 6.35. The van der Waals surface area contributed by atoms with E-state index in [4.69, 9.17) is 0 Å². The zero-order valence-electron chi connectivity index (χ0n) is 20.9. The number of nitrogens with zero attached hydrogens (tertiary/aromatic N) is 5. The van der Waals surface area contributed by atoms with Crippen molar-refractivity contribution in [3.8, 4) is 0 Å². The van der Waals surface area contributed by atoms with E-state index < -0.39 is 10.8 Å². The minimum absolute atomic E-state index is 0.0530. The van der Waals surface area contributed by atoms with Gasteiger partial charge in [0, 0.05) is 51.2 Å². The van der Waals surface area contributed by atoms with Gasteiger partial charge in [-0.2, -0.15) is 0 Å². The summed E-state index contributed by atoms with van der Waals surface area (Å²) in [6.07, 6.45) is 5.74. The average Bonchev–Trinajstić information content (AvgIpc) is 3.22. The molecular formula is C26H32N6O2S. The van der Waals surface area contributed by atoms with E-state index in [1.54, 1.807) is 25.3 Å². The Bertz CT molecular complexity index is 1280. The molecule has 8 nitrogen and oxygen atoms in total. The van der Waals surface area contributed by atoms with Crippen LogP contribution in [0.2, 0.25) is 0 Å². The Morgan fingerprint density at radius 3 is 2.66 bits per heavy atom. The third-order valence-electron chi connectivity index (χ3n) is 6.23. The standard InChI is InChI=1S/C26H32N6O2S/c1-18(27-23-11-6-7-12-24(23)35(5)34)20-9-8-10-22(26(33)30(3)4)21(20)13-14-31-15-16-32-19(2)28-29-25(32)17-31/h6-14,18,27H,15-17H2,1-5H3/b14-13+/t18-,35?/m1/s1. The monoisotopic (exact) mass is 492 g/mol. The molecule has 1 aliphatic rings. The van der Waals surface area contributed by atoms with Crippen LogP contribution < -0.4 is 5.32 Å². The molecule has 0 saturated heterocycles. The third kappa shape index (κ3) is 5.30. The Morgan fingerprint density at radius 2 is 1.91 bits per heavy atom. The Balaban J connectivity index is 1.68. The molecule has 1 unspecified atom stereocenters. The van der Waals surface area contributed by atoms with Crippen molar-refractivity contribution in [1.29, 1.82) is 0 Å². The van der Waals surface area contributed by atoms with Gasteiger partial charge in [-0.3, -0.25) is 9.00 Å². The maximum absolute atomic E-state index is 13.1. The highest BCUT2D eigenvalue weighted by molar-refractivity contribution is 7.84. The molecule has 35 heavy (non-hydrogen) atoms. The second-order valence-corrected chi connectivity index (χ2v) is 10.3. The van der Waals surface area contributed by atoms with Crippen molar-refractivity contribution < 1.29 is 9.00 Å². The lowest BCUT2D eigenvalue weighted by Gasteiger charge is -2.27. The fraction of sp³-hybridized carbons (Fsp3) is 0.346. The molecule has 2 heterocycles. The Kier molecular flexibility index (Phi) is 7.35. The van der Waals surface area contributed by atoms with Crippen LogP contribution in [-0.4, -0.2) is 61.6 Å². The lowest BCUT2D eigenvalue weighted by atomic mass is 9.95. The van der Waals surface area contributed by atoms with Crippen LogP contribution in [0.25, 0.3) is 6.08 Å². The molecule has 1 aliphatic heterocycles. The Hall–Kier alpha value is -3.46. The highest BCUT2D eigenvalue weighted by Crippen LogP contribution is 2.29. The van der Waals surface area contributed by atoms with Gasteiger partial charge in [-0.25, -0.2) is 0 Å². The SMILES string of the molecule is Cc1nnc2n1CCN(/C=C/c1c(C(=O)N(C)C)cccc1[C@@H](C)Nc1ccccc1S(C)=O)C2. The molecule has 0 bridgehead atoms. The fourth-order valence-electron chi connectivity index (χ4n) is 4.35. The molecular weight excluding hydrogens is 460 g/mol. The molecule has 1 amide bonds. The van der Waals surface area contributed by atoms with Gasteiger partial charge >= 0.3 is 0 Å². The van der Waals surface area contributed by atoms with Crippen molar-refractivity contribution in [3.63, 3.8) is 0 Å². The minimum atomic E-state index is -1.12. The van der Waals surface area contributed by atoms with Crippen molar-refractivity contribution in [2.75, 3.05) is 32.2 Å². The lowest BCUT2D eigenvalue weighted by Crippen LogP contribution is -2.30. The van der Waals surface area contributed by atoms with Crippen molar-refractivity contribution >= 4 is 28.5 Å². The predicted octanol–water partition coefficient (Wildman–Crippen LogP) is 3.69. The molecule has 2 aromatic carbocycles. The minimum Gasteiger partial charge on any atom is -0.378 e. The third-order valence-corrected chi connectivity index (χ3v) is 7.21. The highest BCUT2D eigenvalue weighted by atomic mass is 32.2. The number of benzene rings is 2. The second kappa shape index (κ2) is 10.4. The number of hydrogen-bond acceptors (Lipinski definition) is 6. The van der Waals surface area contributed by atoms with Crippen LogP contribution in [-0.2, 0) is 23.9 Å². The Morgan fingerprint density at radius 1 is 1.14 bits per heavy atom. The summed E-state index contributed by atoms with van der Waals surface area (Å²) in [5.74, 6) is 1.82. The van der Waals surface area contributed by atoms with Gasteiger partial charge in [0.25, 0.3) is 5.91 Å². The van der Waals surface area contributed by atoms with Crippen LogP contribution in [0.1, 0.15) is 46.1 Å². The maximum Gasteiger partial charge on any atom is 0.253 e. The van der Waals surface area contributed by atoms with Crippen molar-refractivity contribution in [2.45, 2.75) is 37.9 Å². The smallest absolute Gasteiger partial charge is 0.253 e. The molecule has 0 radical (unpaired) electrons. The number of rotatable bonds is 7. The molecule has 0 saturated carbocycles. The summed E-state index contributed by atoms with van der Waals surface area (Å²) in [5.41, 5.74) is 3.32. The molecule has 0 spiro atoms. The summed E-state index contributed by atoms with van der Waals surface area (Å²) in [6, 6.07) is 13.3. The van der Waals surface area contributed by atoms with Gasteiger partial charge < -0.3 is 19.7 Å². The average molecular weight is 493 g/mol. The number of carbonyl (C=O) groups is 1.